The Bertz CT molecular complexity index is 129. The molecule has 0 radical (unpaired) electrons. The molecule has 0 spiro atoms. The molecule has 0 bridgehead atoms. The fourth-order valence-electron chi connectivity index (χ4n) is 0.576. The summed E-state index contributed by atoms with van der Waals surface area (Å²) in [5.74, 6) is -1.08. The molecule has 0 heterocycles. The van der Waals surface area contributed by atoms with E-state index in [1.807, 2.05) is 12.2 Å². The highest BCUT2D eigenvalue weighted by Crippen LogP contribution is 1.51. The van der Waals surface area contributed by atoms with Gasteiger partial charge in [-0.05, 0) is 19.1 Å². The van der Waals surface area contributed by atoms with Crippen LogP contribution in [0.25, 0.3) is 0 Å². The maximum atomic E-state index is 8.89. The quantitative estimate of drug-likeness (QED) is 0.530. The Morgan fingerprint density at radius 3 is 1.83 bits per heavy atom. The Morgan fingerprint density at radius 2 is 1.67 bits per heavy atom. The number of quaternary nitrogens is 1. The molecule has 0 aliphatic heterocycles. The second kappa shape index (κ2) is 9.91. The number of carbonyl (C=O) groups excluding carboxylic acids is 1. The molecule has 1 N–H and O–H groups in total. The third kappa shape index (κ3) is 23.1. The maximum absolute atomic E-state index is 8.89. The molecule has 0 aromatic carbocycles. The van der Waals surface area contributed by atoms with E-state index >= 15 is 0 Å². The molecule has 12 heavy (non-hydrogen) atoms. The molecule has 0 aromatic heterocycles. The van der Waals surface area contributed by atoms with Crippen LogP contribution >= 0.6 is 0 Å². The van der Waals surface area contributed by atoms with Crippen molar-refractivity contribution in [3.8, 4) is 0 Å². The number of carboxylic acids is 1. The summed E-state index contributed by atoms with van der Waals surface area (Å²) < 4.78 is 0. The number of aliphatic carboxylic acids is 1. The Hall–Kier alpha value is -1.09. The van der Waals surface area contributed by atoms with Gasteiger partial charge in [-0.1, -0.05) is 13.2 Å². The van der Waals surface area contributed by atoms with E-state index in [1.165, 1.54) is 4.90 Å². The Morgan fingerprint density at radius 1 is 1.42 bits per heavy atom. The minimum Gasteiger partial charge on any atom is -0.550 e. The molecule has 0 atom stereocenters. The van der Waals surface area contributed by atoms with Crippen molar-refractivity contribution in [2.45, 2.75) is 6.92 Å². The molecular formula is C9H17NO2. The lowest BCUT2D eigenvalue weighted by Crippen LogP contribution is -3.08. The molecule has 0 aliphatic carbocycles. The van der Waals surface area contributed by atoms with Gasteiger partial charge in [0.05, 0.1) is 20.1 Å². The van der Waals surface area contributed by atoms with Gasteiger partial charge in [0.2, 0.25) is 0 Å². The van der Waals surface area contributed by atoms with Crippen LogP contribution in [0.3, 0.4) is 0 Å². The van der Waals surface area contributed by atoms with Gasteiger partial charge < -0.3 is 14.8 Å². The van der Waals surface area contributed by atoms with Crippen molar-refractivity contribution in [1.29, 1.82) is 0 Å². The zero-order chi connectivity index (χ0) is 9.98. The molecular weight excluding hydrogens is 154 g/mol. The van der Waals surface area contributed by atoms with E-state index < -0.39 is 5.97 Å². The number of hydrogen-bond acceptors (Lipinski definition) is 2. The van der Waals surface area contributed by atoms with Crippen LogP contribution < -0.4 is 10.0 Å². The molecule has 3 nitrogen and oxygen atoms in total. The van der Waals surface area contributed by atoms with Crippen LogP contribution in [-0.4, -0.2) is 26.1 Å². The lowest BCUT2D eigenvalue weighted by molar-refractivity contribution is -0.866. The van der Waals surface area contributed by atoms with Crippen molar-refractivity contribution in [3.63, 3.8) is 0 Å². The topological polar surface area (TPSA) is 44.6 Å². The van der Waals surface area contributed by atoms with Crippen LogP contribution in [0.15, 0.2) is 25.3 Å². The maximum Gasteiger partial charge on any atom is 0.0955 e. The zero-order valence-electron chi connectivity index (χ0n) is 7.80. The van der Waals surface area contributed by atoms with Crippen molar-refractivity contribution in [3.05, 3.63) is 25.3 Å². The summed E-state index contributed by atoms with van der Waals surface area (Å²) in [7, 11) is 2.11. The van der Waals surface area contributed by atoms with Crippen LogP contribution in [0.4, 0.5) is 0 Å². The molecule has 0 amide bonds. The number of rotatable bonds is 4. The van der Waals surface area contributed by atoms with Crippen molar-refractivity contribution in [2.75, 3.05) is 20.1 Å². The molecule has 70 valence electrons. The summed E-state index contributed by atoms with van der Waals surface area (Å²) in [6.45, 7) is 10.3. The van der Waals surface area contributed by atoms with Gasteiger partial charge in [-0.3, -0.25) is 0 Å². The first-order valence-corrected chi connectivity index (χ1v) is 3.75. The van der Waals surface area contributed by atoms with Gasteiger partial charge in [-0.15, -0.1) is 0 Å². The zero-order valence-corrected chi connectivity index (χ0v) is 7.80. The Labute approximate surface area is 74.0 Å². The average molecular weight is 171 g/mol. The van der Waals surface area contributed by atoms with Crippen molar-refractivity contribution < 1.29 is 14.8 Å². The van der Waals surface area contributed by atoms with Gasteiger partial charge in [0, 0.05) is 5.97 Å². The first kappa shape index (κ1) is 13.5. The van der Waals surface area contributed by atoms with E-state index in [2.05, 4.69) is 20.2 Å². The second-order valence-corrected chi connectivity index (χ2v) is 2.43. The van der Waals surface area contributed by atoms with E-state index in [0.29, 0.717) is 0 Å². The van der Waals surface area contributed by atoms with Crippen LogP contribution in [0.2, 0.25) is 0 Å². The van der Waals surface area contributed by atoms with E-state index in [9.17, 15) is 0 Å². The standard InChI is InChI=1S/C7H13N.C2H4O2/c1-4-6-8(3)7-5-2;1-2(3)4/h4-5H,1-2,6-7H2,3H3;1H3,(H,3,4). The third-order valence-corrected chi connectivity index (χ3v) is 0.986. The lowest BCUT2D eigenvalue weighted by Gasteiger charge is -2.06. The predicted octanol–water partition coefficient (Wildman–Crippen LogP) is -1.37. The summed E-state index contributed by atoms with van der Waals surface area (Å²) in [6, 6.07) is 0. The molecule has 0 saturated heterocycles. The van der Waals surface area contributed by atoms with E-state index in [1.54, 1.807) is 0 Å². The van der Waals surface area contributed by atoms with Gasteiger partial charge in [0.25, 0.3) is 0 Å². The average Bonchev–Trinajstić information content (AvgIpc) is 1.87. The van der Waals surface area contributed by atoms with Gasteiger partial charge in [-0.2, -0.15) is 0 Å². The van der Waals surface area contributed by atoms with Crippen LogP contribution in [0, 0.1) is 0 Å². The minimum absolute atomic E-state index is 0.972. The fraction of sp³-hybridized carbons (Fsp3) is 0.444. The predicted molar refractivity (Wildman–Crippen MR) is 47.7 cm³/mol. The smallest absolute Gasteiger partial charge is 0.0955 e. The van der Waals surface area contributed by atoms with Gasteiger partial charge in [0.1, 0.15) is 0 Å². The highest BCUT2D eigenvalue weighted by Gasteiger charge is 1.89. The lowest BCUT2D eigenvalue weighted by atomic mass is 10.5. The highest BCUT2D eigenvalue weighted by atomic mass is 16.4. The molecule has 3 heteroatoms. The number of carboxylic acid groups (broad SMARTS) is 1. The van der Waals surface area contributed by atoms with Crippen molar-refractivity contribution in [2.24, 2.45) is 0 Å². The summed E-state index contributed by atoms with van der Waals surface area (Å²) in [4.78, 5) is 10.3. The third-order valence-electron chi connectivity index (χ3n) is 0.986. The van der Waals surface area contributed by atoms with E-state index in [0.717, 1.165) is 20.0 Å². The fourth-order valence-corrected chi connectivity index (χ4v) is 0.576. The van der Waals surface area contributed by atoms with Crippen molar-refractivity contribution in [1.82, 2.24) is 0 Å². The molecule has 0 rings (SSSR count). The SMILES string of the molecule is C=CC[NH+](C)CC=C.CC(=O)[O-]. The summed E-state index contributed by atoms with van der Waals surface area (Å²) in [6.07, 6.45) is 3.83. The summed E-state index contributed by atoms with van der Waals surface area (Å²) in [5, 5.41) is 8.89. The van der Waals surface area contributed by atoms with E-state index in [-0.39, 0.29) is 0 Å². The number of nitrogens with one attached hydrogen (secondary N) is 1. The Balaban J connectivity index is 0. The molecule has 0 aromatic rings. The number of carbonyl (C=O) groups is 1. The number of hydrogen-bond donors (Lipinski definition) is 1. The summed E-state index contributed by atoms with van der Waals surface area (Å²) >= 11 is 0. The molecule has 0 aliphatic rings. The van der Waals surface area contributed by atoms with E-state index in [4.69, 9.17) is 9.90 Å². The second-order valence-electron chi connectivity index (χ2n) is 2.43. The van der Waals surface area contributed by atoms with Gasteiger partial charge in [-0.25, -0.2) is 0 Å². The van der Waals surface area contributed by atoms with Crippen LogP contribution in [0.5, 0.6) is 0 Å². The van der Waals surface area contributed by atoms with Gasteiger partial charge in [0.15, 0.2) is 0 Å². The largest absolute Gasteiger partial charge is 0.550 e. The highest BCUT2D eigenvalue weighted by molar-refractivity contribution is 5.60. The first-order chi connectivity index (χ1) is 5.54. The van der Waals surface area contributed by atoms with Crippen LogP contribution in [-0.2, 0) is 4.79 Å². The minimum atomic E-state index is -1.08. The molecule has 0 fully saturated rings. The first-order valence-electron chi connectivity index (χ1n) is 3.75. The monoisotopic (exact) mass is 171 g/mol. The molecule has 0 saturated carbocycles. The van der Waals surface area contributed by atoms with Crippen molar-refractivity contribution >= 4 is 5.97 Å². The van der Waals surface area contributed by atoms with Gasteiger partial charge >= 0.3 is 0 Å². The normalized spacial score (nSPS) is 8.25. The molecule has 0 unspecified atom stereocenters. The number of likely N-dealkylation sites (N-methyl/N-ethyl adjacent to an activating group) is 1. The summed E-state index contributed by atoms with van der Waals surface area (Å²) in [5.41, 5.74) is 0. The Kier molecular flexibility index (Phi) is 11.1. The van der Waals surface area contributed by atoms with Crippen LogP contribution in [0.1, 0.15) is 6.92 Å².